The first-order valence-corrected chi connectivity index (χ1v) is 11.7. The maximum Gasteiger partial charge on any atom is 0.191 e. The van der Waals surface area contributed by atoms with Crippen LogP contribution in [0.25, 0.3) is 0 Å². The molecule has 182 valence electrons. The summed E-state index contributed by atoms with van der Waals surface area (Å²) in [6.45, 7) is 3.46. The minimum atomic E-state index is 0. The summed E-state index contributed by atoms with van der Waals surface area (Å²) >= 11 is 0. The van der Waals surface area contributed by atoms with Crippen LogP contribution >= 0.6 is 24.0 Å². The van der Waals surface area contributed by atoms with Crippen molar-refractivity contribution in [2.24, 2.45) is 4.99 Å². The Labute approximate surface area is 219 Å². The Balaban J connectivity index is 0.00000324. The van der Waals surface area contributed by atoms with Gasteiger partial charge in [-0.3, -0.25) is 4.99 Å². The Morgan fingerprint density at radius 2 is 1.91 bits per heavy atom. The molecule has 1 aliphatic rings. The molecular weight excluding hydrogens is 541 g/mol. The summed E-state index contributed by atoms with van der Waals surface area (Å²) in [4.78, 5) is 11.7. The molecule has 0 bridgehead atoms. The van der Waals surface area contributed by atoms with Crippen LogP contribution in [0, 0.1) is 0 Å². The van der Waals surface area contributed by atoms with Crippen molar-refractivity contribution >= 4 is 35.8 Å². The van der Waals surface area contributed by atoms with Crippen LogP contribution in [0.5, 0.6) is 5.75 Å². The Morgan fingerprint density at radius 1 is 1.09 bits per heavy atom. The van der Waals surface area contributed by atoms with Crippen LogP contribution < -0.4 is 20.3 Å². The third kappa shape index (κ3) is 7.93. The maximum atomic E-state index is 5.45. The Bertz CT molecular complexity index is 972. The zero-order chi connectivity index (χ0) is 22.7. The van der Waals surface area contributed by atoms with E-state index in [1.165, 1.54) is 5.56 Å². The zero-order valence-corrected chi connectivity index (χ0v) is 22.0. The van der Waals surface area contributed by atoms with Crippen LogP contribution in [0.2, 0.25) is 0 Å². The Morgan fingerprint density at radius 3 is 2.59 bits per heavy atom. The SMILES string of the molecule is COc1ccc(CCNC(=NCCc2ccco2)NC2CCN(c3ccccn3)CC2)cc1.I. The minimum Gasteiger partial charge on any atom is -0.497 e. The number of nitrogens with zero attached hydrogens (tertiary/aromatic N) is 3. The summed E-state index contributed by atoms with van der Waals surface area (Å²) in [6, 6.07) is 18.6. The number of pyridine rings is 1. The number of nitrogens with one attached hydrogen (secondary N) is 2. The van der Waals surface area contributed by atoms with E-state index in [0.29, 0.717) is 12.6 Å². The Hall–Kier alpha value is -2.75. The monoisotopic (exact) mass is 575 g/mol. The van der Waals surface area contributed by atoms with Crippen molar-refractivity contribution in [2.75, 3.05) is 38.2 Å². The molecule has 0 aliphatic carbocycles. The minimum absolute atomic E-state index is 0. The number of piperidine rings is 1. The predicted molar refractivity (Wildman–Crippen MR) is 147 cm³/mol. The van der Waals surface area contributed by atoms with Gasteiger partial charge < -0.3 is 24.7 Å². The van der Waals surface area contributed by atoms with Gasteiger partial charge in [0.15, 0.2) is 5.96 Å². The quantitative estimate of drug-likeness (QED) is 0.225. The second kappa shape index (κ2) is 13.8. The molecule has 34 heavy (non-hydrogen) atoms. The number of hydrogen-bond acceptors (Lipinski definition) is 5. The molecule has 1 fully saturated rings. The van der Waals surface area contributed by atoms with Crippen molar-refractivity contribution in [2.45, 2.75) is 31.7 Å². The van der Waals surface area contributed by atoms with Gasteiger partial charge in [-0.1, -0.05) is 18.2 Å². The van der Waals surface area contributed by atoms with E-state index in [9.17, 15) is 0 Å². The number of rotatable bonds is 9. The summed E-state index contributed by atoms with van der Waals surface area (Å²) in [7, 11) is 1.69. The molecule has 7 nitrogen and oxygen atoms in total. The number of halogens is 1. The zero-order valence-electron chi connectivity index (χ0n) is 19.7. The normalized spacial score (nSPS) is 14.4. The molecule has 2 aromatic heterocycles. The lowest BCUT2D eigenvalue weighted by Crippen LogP contribution is -2.49. The molecule has 0 saturated carbocycles. The van der Waals surface area contributed by atoms with Gasteiger partial charge in [0.05, 0.1) is 13.4 Å². The molecule has 0 spiro atoms. The molecule has 0 unspecified atom stereocenters. The molecule has 0 amide bonds. The molecule has 2 N–H and O–H groups in total. The molecule has 3 aromatic rings. The van der Waals surface area contributed by atoms with Gasteiger partial charge in [-0.2, -0.15) is 0 Å². The highest BCUT2D eigenvalue weighted by atomic mass is 127. The Kier molecular flexibility index (Phi) is 10.5. The van der Waals surface area contributed by atoms with Crippen LogP contribution in [-0.2, 0) is 12.8 Å². The third-order valence-corrected chi connectivity index (χ3v) is 5.88. The highest BCUT2D eigenvalue weighted by Gasteiger charge is 2.20. The van der Waals surface area contributed by atoms with Crippen molar-refractivity contribution in [1.29, 1.82) is 0 Å². The highest BCUT2D eigenvalue weighted by molar-refractivity contribution is 14.0. The fraction of sp³-hybridized carbons (Fsp3) is 0.385. The van der Waals surface area contributed by atoms with Gasteiger partial charge in [-0.15, -0.1) is 24.0 Å². The molecule has 4 rings (SSSR count). The first-order chi connectivity index (χ1) is 16.3. The topological polar surface area (TPSA) is 74.9 Å². The largest absolute Gasteiger partial charge is 0.497 e. The smallest absolute Gasteiger partial charge is 0.191 e. The fourth-order valence-corrected chi connectivity index (χ4v) is 3.99. The van der Waals surface area contributed by atoms with Gasteiger partial charge in [0.2, 0.25) is 0 Å². The van der Waals surface area contributed by atoms with Crippen molar-refractivity contribution in [3.05, 3.63) is 78.4 Å². The molecule has 8 heteroatoms. The highest BCUT2D eigenvalue weighted by Crippen LogP contribution is 2.17. The van der Waals surface area contributed by atoms with E-state index < -0.39 is 0 Å². The molecule has 0 radical (unpaired) electrons. The first kappa shape index (κ1) is 25.9. The van der Waals surface area contributed by atoms with E-state index in [1.807, 2.05) is 42.6 Å². The van der Waals surface area contributed by atoms with Gasteiger partial charge in [0.1, 0.15) is 17.3 Å². The van der Waals surface area contributed by atoms with E-state index in [4.69, 9.17) is 14.1 Å². The summed E-state index contributed by atoms with van der Waals surface area (Å²) in [5.74, 6) is 3.76. The molecule has 1 aliphatic heterocycles. The van der Waals surface area contributed by atoms with E-state index in [-0.39, 0.29) is 24.0 Å². The fourth-order valence-electron chi connectivity index (χ4n) is 3.99. The van der Waals surface area contributed by atoms with Crippen LogP contribution in [0.4, 0.5) is 5.82 Å². The molecule has 0 atom stereocenters. The number of ether oxygens (including phenoxy) is 1. The lowest BCUT2D eigenvalue weighted by Gasteiger charge is -2.33. The molecule has 3 heterocycles. The number of hydrogen-bond donors (Lipinski definition) is 2. The van der Waals surface area contributed by atoms with Gasteiger partial charge in [-0.25, -0.2) is 4.98 Å². The predicted octanol–water partition coefficient (Wildman–Crippen LogP) is 4.29. The van der Waals surface area contributed by atoms with Gasteiger partial charge in [-0.05, 0) is 61.2 Å². The number of methoxy groups -OCH3 is 1. The number of aromatic nitrogens is 1. The van der Waals surface area contributed by atoms with Crippen LogP contribution in [0.3, 0.4) is 0 Å². The average molecular weight is 575 g/mol. The van der Waals surface area contributed by atoms with Gasteiger partial charge in [0.25, 0.3) is 0 Å². The van der Waals surface area contributed by atoms with Crippen LogP contribution in [0.15, 0.2) is 76.5 Å². The van der Waals surface area contributed by atoms with Crippen molar-refractivity contribution in [3.63, 3.8) is 0 Å². The van der Waals surface area contributed by atoms with Crippen molar-refractivity contribution in [3.8, 4) is 5.75 Å². The average Bonchev–Trinajstić information content (AvgIpc) is 3.39. The van der Waals surface area contributed by atoms with Crippen LogP contribution in [0.1, 0.15) is 24.2 Å². The second-order valence-electron chi connectivity index (χ2n) is 8.18. The van der Waals surface area contributed by atoms with Gasteiger partial charge in [0, 0.05) is 44.8 Å². The number of furan rings is 1. The molecule has 1 saturated heterocycles. The number of anilines is 1. The van der Waals surface area contributed by atoms with E-state index >= 15 is 0 Å². The van der Waals surface area contributed by atoms with E-state index in [0.717, 1.165) is 68.6 Å². The van der Waals surface area contributed by atoms with E-state index in [1.54, 1.807) is 13.4 Å². The summed E-state index contributed by atoms with van der Waals surface area (Å²) < 4.78 is 10.7. The lowest BCUT2D eigenvalue weighted by atomic mass is 10.1. The molecule has 1 aromatic carbocycles. The standard InChI is InChI=1S/C26H33N5O2.HI/c1-32-23-9-7-21(8-10-23)11-16-28-26(29-17-12-24-5-4-20-33-24)30-22-13-18-31(19-14-22)25-6-2-3-15-27-25;/h2-10,15,20,22H,11-14,16-19H2,1H3,(H2,28,29,30);1H. The van der Waals surface area contributed by atoms with E-state index in [2.05, 4.69) is 38.7 Å². The number of aliphatic imine (C=N–C) groups is 1. The van der Waals surface area contributed by atoms with Crippen molar-refractivity contribution < 1.29 is 9.15 Å². The van der Waals surface area contributed by atoms with Crippen LogP contribution in [-0.4, -0.2) is 50.3 Å². The second-order valence-corrected chi connectivity index (χ2v) is 8.18. The van der Waals surface area contributed by atoms with Crippen molar-refractivity contribution in [1.82, 2.24) is 15.6 Å². The summed E-state index contributed by atoms with van der Waals surface area (Å²) in [6.07, 6.45) is 7.37. The maximum absolute atomic E-state index is 5.45. The lowest BCUT2D eigenvalue weighted by molar-refractivity contribution is 0.414. The summed E-state index contributed by atoms with van der Waals surface area (Å²) in [5, 5.41) is 7.17. The van der Waals surface area contributed by atoms with Gasteiger partial charge >= 0.3 is 0 Å². The molecular formula is C26H34IN5O2. The first-order valence-electron chi connectivity index (χ1n) is 11.7. The summed E-state index contributed by atoms with van der Waals surface area (Å²) in [5.41, 5.74) is 1.27. The number of guanidine groups is 1. The number of benzene rings is 1. The third-order valence-electron chi connectivity index (χ3n) is 5.88.